The third-order valence-corrected chi connectivity index (χ3v) is 3.96. The Hall–Kier alpha value is -2.66. The standard InChI is InChI=1S/C17H17NO4/c1-18-8-13-11-6-16(21)14(19)4-9(11)2-3-10-5-15(20)17(22)7-12(10)13/h2-7,13,18-22H,8H2,1H3. The van der Waals surface area contributed by atoms with Gasteiger partial charge in [0.25, 0.3) is 0 Å². The zero-order valence-corrected chi connectivity index (χ0v) is 12.0. The van der Waals surface area contributed by atoms with Crippen molar-refractivity contribution >= 4 is 12.2 Å². The van der Waals surface area contributed by atoms with E-state index in [1.807, 2.05) is 19.2 Å². The molecule has 0 fully saturated rings. The van der Waals surface area contributed by atoms with Gasteiger partial charge in [-0.1, -0.05) is 12.2 Å². The molecule has 3 rings (SSSR count). The summed E-state index contributed by atoms with van der Waals surface area (Å²) in [5, 5.41) is 42.1. The summed E-state index contributed by atoms with van der Waals surface area (Å²) in [6, 6.07) is 6.09. The van der Waals surface area contributed by atoms with E-state index in [1.165, 1.54) is 24.3 Å². The predicted octanol–water partition coefficient (Wildman–Crippen LogP) is 2.34. The zero-order valence-electron chi connectivity index (χ0n) is 12.0. The molecule has 0 heterocycles. The van der Waals surface area contributed by atoms with Crippen molar-refractivity contribution in [3.63, 3.8) is 0 Å². The molecule has 0 atom stereocenters. The summed E-state index contributed by atoms with van der Waals surface area (Å²) in [5.74, 6) is -0.853. The lowest BCUT2D eigenvalue weighted by atomic mass is 9.87. The quantitative estimate of drug-likeness (QED) is 0.549. The highest BCUT2D eigenvalue weighted by atomic mass is 16.3. The van der Waals surface area contributed by atoms with Gasteiger partial charge in [-0.25, -0.2) is 0 Å². The summed E-state index contributed by atoms with van der Waals surface area (Å²) in [7, 11) is 1.82. The third-order valence-electron chi connectivity index (χ3n) is 3.96. The number of fused-ring (bicyclic) bond motifs is 2. The van der Waals surface area contributed by atoms with Crippen LogP contribution in [0.2, 0.25) is 0 Å². The van der Waals surface area contributed by atoms with Gasteiger partial charge in [0.2, 0.25) is 0 Å². The van der Waals surface area contributed by atoms with Crippen LogP contribution in [0.25, 0.3) is 12.2 Å². The summed E-state index contributed by atoms with van der Waals surface area (Å²) in [6.45, 7) is 0.579. The Labute approximate surface area is 127 Å². The molecule has 114 valence electrons. The molecule has 0 saturated heterocycles. The van der Waals surface area contributed by atoms with Crippen molar-refractivity contribution in [2.45, 2.75) is 5.92 Å². The monoisotopic (exact) mass is 299 g/mol. The Balaban J connectivity index is 2.26. The molecule has 22 heavy (non-hydrogen) atoms. The molecular weight excluding hydrogens is 282 g/mol. The van der Waals surface area contributed by atoms with E-state index in [2.05, 4.69) is 5.32 Å². The first kappa shape index (κ1) is 14.3. The van der Waals surface area contributed by atoms with Gasteiger partial charge in [0.05, 0.1) is 0 Å². The number of rotatable bonds is 2. The molecular formula is C17H17NO4. The Kier molecular flexibility index (Phi) is 3.42. The number of phenols is 4. The van der Waals surface area contributed by atoms with Gasteiger partial charge in [-0.05, 0) is 53.6 Å². The van der Waals surface area contributed by atoms with Crippen LogP contribution in [0.15, 0.2) is 24.3 Å². The second-order valence-corrected chi connectivity index (χ2v) is 5.38. The molecule has 2 aromatic carbocycles. The van der Waals surface area contributed by atoms with Crippen LogP contribution in [-0.2, 0) is 0 Å². The van der Waals surface area contributed by atoms with Crippen LogP contribution in [0, 0.1) is 0 Å². The van der Waals surface area contributed by atoms with Gasteiger partial charge in [0, 0.05) is 12.5 Å². The van der Waals surface area contributed by atoms with E-state index in [9.17, 15) is 20.4 Å². The van der Waals surface area contributed by atoms with Gasteiger partial charge in [0.1, 0.15) is 0 Å². The van der Waals surface area contributed by atoms with E-state index in [4.69, 9.17) is 0 Å². The van der Waals surface area contributed by atoms with Crippen LogP contribution in [-0.4, -0.2) is 34.0 Å². The fraction of sp³-hybridized carbons (Fsp3) is 0.176. The first-order valence-corrected chi connectivity index (χ1v) is 6.95. The number of hydrogen-bond acceptors (Lipinski definition) is 5. The molecule has 0 saturated carbocycles. The summed E-state index contributed by atoms with van der Waals surface area (Å²) in [5.41, 5.74) is 3.24. The third kappa shape index (κ3) is 2.25. The average molecular weight is 299 g/mol. The Morgan fingerprint density at radius 2 is 1.18 bits per heavy atom. The second kappa shape index (κ2) is 5.27. The summed E-state index contributed by atoms with van der Waals surface area (Å²) >= 11 is 0. The number of phenolic OH excluding ortho intramolecular Hbond substituents is 4. The Morgan fingerprint density at radius 1 is 0.773 bits per heavy atom. The molecule has 5 heteroatoms. The van der Waals surface area contributed by atoms with Crippen molar-refractivity contribution in [2.75, 3.05) is 13.6 Å². The van der Waals surface area contributed by atoms with Gasteiger partial charge in [-0.3, -0.25) is 0 Å². The van der Waals surface area contributed by atoms with Gasteiger partial charge >= 0.3 is 0 Å². The largest absolute Gasteiger partial charge is 0.504 e. The molecule has 0 amide bonds. The smallest absolute Gasteiger partial charge is 0.158 e. The molecule has 0 aromatic heterocycles. The van der Waals surface area contributed by atoms with Crippen molar-refractivity contribution in [2.24, 2.45) is 0 Å². The minimum Gasteiger partial charge on any atom is -0.504 e. The maximum Gasteiger partial charge on any atom is 0.158 e. The molecule has 0 spiro atoms. The lowest BCUT2D eigenvalue weighted by Gasteiger charge is -2.21. The van der Waals surface area contributed by atoms with Crippen molar-refractivity contribution in [3.8, 4) is 23.0 Å². The van der Waals surface area contributed by atoms with E-state index in [-0.39, 0.29) is 28.9 Å². The van der Waals surface area contributed by atoms with E-state index < -0.39 is 0 Å². The number of likely N-dealkylation sites (N-methyl/N-ethyl adjacent to an activating group) is 1. The molecule has 1 aliphatic carbocycles. The SMILES string of the molecule is CNCC1c2cc(O)c(O)cc2C=Cc2cc(O)c(O)cc21. The van der Waals surface area contributed by atoms with Gasteiger partial charge in [-0.15, -0.1) is 0 Å². The fourth-order valence-electron chi connectivity index (χ4n) is 2.88. The van der Waals surface area contributed by atoms with Gasteiger partial charge in [-0.2, -0.15) is 0 Å². The van der Waals surface area contributed by atoms with E-state index >= 15 is 0 Å². The van der Waals surface area contributed by atoms with E-state index in [0.717, 1.165) is 22.3 Å². The summed E-state index contributed by atoms with van der Waals surface area (Å²) < 4.78 is 0. The van der Waals surface area contributed by atoms with E-state index in [1.54, 1.807) is 0 Å². The van der Waals surface area contributed by atoms with Crippen molar-refractivity contribution in [1.82, 2.24) is 5.32 Å². The maximum absolute atomic E-state index is 9.82. The minimum absolute atomic E-state index is 0.136. The fourth-order valence-corrected chi connectivity index (χ4v) is 2.88. The first-order valence-electron chi connectivity index (χ1n) is 6.95. The Morgan fingerprint density at radius 3 is 1.59 bits per heavy atom. The summed E-state index contributed by atoms with van der Waals surface area (Å²) in [6.07, 6.45) is 3.64. The summed E-state index contributed by atoms with van der Waals surface area (Å²) in [4.78, 5) is 0. The molecule has 0 aliphatic heterocycles. The van der Waals surface area contributed by atoms with Crippen molar-refractivity contribution in [1.29, 1.82) is 0 Å². The molecule has 0 unspecified atom stereocenters. The second-order valence-electron chi connectivity index (χ2n) is 5.38. The van der Waals surface area contributed by atoms with E-state index in [0.29, 0.717) is 6.54 Å². The van der Waals surface area contributed by atoms with Gasteiger partial charge < -0.3 is 25.7 Å². The molecule has 2 aromatic rings. The Bertz CT molecular complexity index is 706. The number of aromatic hydroxyl groups is 4. The molecule has 5 nitrogen and oxygen atoms in total. The van der Waals surface area contributed by atoms with Crippen LogP contribution in [0.4, 0.5) is 0 Å². The highest BCUT2D eigenvalue weighted by Gasteiger charge is 2.24. The highest BCUT2D eigenvalue weighted by molar-refractivity contribution is 5.79. The van der Waals surface area contributed by atoms with Crippen LogP contribution in [0.3, 0.4) is 0 Å². The molecule has 5 N–H and O–H groups in total. The molecule has 0 radical (unpaired) electrons. The highest BCUT2D eigenvalue weighted by Crippen LogP contribution is 2.42. The lowest BCUT2D eigenvalue weighted by Crippen LogP contribution is -2.19. The predicted molar refractivity (Wildman–Crippen MR) is 84.2 cm³/mol. The lowest BCUT2D eigenvalue weighted by molar-refractivity contribution is 0.401. The topological polar surface area (TPSA) is 93.0 Å². The normalized spacial score (nSPS) is 13.5. The van der Waals surface area contributed by atoms with Crippen LogP contribution in [0.5, 0.6) is 23.0 Å². The number of benzene rings is 2. The average Bonchev–Trinajstić information content (AvgIpc) is 2.60. The first-order chi connectivity index (χ1) is 10.5. The van der Waals surface area contributed by atoms with Crippen LogP contribution >= 0.6 is 0 Å². The minimum atomic E-state index is -0.181. The van der Waals surface area contributed by atoms with Crippen molar-refractivity contribution < 1.29 is 20.4 Å². The zero-order chi connectivity index (χ0) is 15.9. The van der Waals surface area contributed by atoms with Crippen molar-refractivity contribution in [3.05, 3.63) is 46.5 Å². The van der Waals surface area contributed by atoms with Crippen LogP contribution < -0.4 is 5.32 Å². The van der Waals surface area contributed by atoms with Gasteiger partial charge in [0.15, 0.2) is 23.0 Å². The number of hydrogen-bond donors (Lipinski definition) is 5. The maximum atomic E-state index is 9.82. The molecule has 0 bridgehead atoms. The molecule has 1 aliphatic rings. The van der Waals surface area contributed by atoms with Crippen LogP contribution in [0.1, 0.15) is 28.2 Å². The number of nitrogens with one attached hydrogen (secondary N) is 1.